The fourth-order valence-corrected chi connectivity index (χ4v) is 5.97. The van der Waals surface area contributed by atoms with E-state index in [1.54, 1.807) is 26.0 Å². The highest BCUT2D eigenvalue weighted by molar-refractivity contribution is 8.15. The smallest absolute Gasteiger partial charge is 0.237 e. The van der Waals surface area contributed by atoms with Crippen LogP contribution >= 0.6 is 11.8 Å². The second kappa shape index (κ2) is 9.45. The van der Waals surface area contributed by atoms with Crippen molar-refractivity contribution >= 4 is 28.6 Å². The van der Waals surface area contributed by atoms with E-state index in [1.165, 1.54) is 30.2 Å². The molecule has 1 aromatic heterocycles. The van der Waals surface area contributed by atoms with Gasteiger partial charge < -0.3 is 15.8 Å². The van der Waals surface area contributed by atoms with Crippen LogP contribution in [0.1, 0.15) is 62.7 Å². The molecule has 3 N–H and O–H groups in total. The van der Waals surface area contributed by atoms with Crippen LogP contribution in [0.4, 0.5) is 4.39 Å². The number of amidine groups is 1. The lowest BCUT2D eigenvalue weighted by Gasteiger charge is -2.35. The number of fused-ring (bicyclic) bond motifs is 1. The lowest BCUT2D eigenvalue weighted by molar-refractivity contribution is -0.123. The lowest BCUT2D eigenvalue weighted by atomic mass is 9.84. The van der Waals surface area contributed by atoms with Gasteiger partial charge in [0.1, 0.15) is 16.3 Å². The summed E-state index contributed by atoms with van der Waals surface area (Å²) in [6.07, 6.45) is 7.98. The Bertz CT molecular complexity index is 1320. The molecule has 0 radical (unpaired) electrons. The number of ether oxygens (including phenoxy) is 1. The average molecular weight is 524 g/mol. The van der Waals surface area contributed by atoms with Gasteiger partial charge in [-0.25, -0.2) is 14.4 Å². The average Bonchev–Trinajstić information content (AvgIpc) is 3.56. The van der Waals surface area contributed by atoms with Crippen LogP contribution < -0.4 is 15.8 Å². The number of benzene rings is 1. The number of carbonyl (C=O) groups is 2. The van der Waals surface area contributed by atoms with Crippen molar-refractivity contribution in [2.75, 3.05) is 0 Å². The maximum absolute atomic E-state index is 15.2. The molecule has 4 atom stereocenters. The molecule has 1 fully saturated rings. The zero-order chi connectivity index (χ0) is 27.2. The Labute approximate surface area is 220 Å². The first-order chi connectivity index (χ1) is 17.3. The third-order valence-electron chi connectivity index (χ3n) is 6.48. The molecule has 194 valence electrons. The minimum atomic E-state index is -1.06. The monoisotopic (exact) mass is 523 g/mol. The first-order valence-electron chi connectivity index (χ1n) is 11.9. The number of terminal acetylenes is 1. The van der Waals surface area contributed by atoms with E-state index in [2.05, 4.69) is 26.2 Å². The van der Waals surface area contributed by atoms with E-state index < -0.39 is 27.7 Å². The van der Waals surface area contributed by atoms with Gasteiger partial charge in [-0.2, -0.15) is 0 Å². The number of hydrogen-bond donors (Lipinski definition) is 2. The van der Waals surface area contributed by atoms with E-state index in [0.717, 1.165) is 0 Å². The topological polar surface area (TPSA) is 120 Å². The Kier molecular flexibility index (Phi) is 6.80. The van der Waals surface area contributed by atoms with Gasteiger partial charge >= 0.3 is 0 Å². The number of halogens is 1. The van der Waals surface area contributed by atoms with Gasteiger partial charge in [0.2, 0.25) is 11.8 Å². The summed E-state index contributed by atoms with van der Waals surface area (Å²) in [5, 5.41) is 3.26. The number of amides is 1. The molecule has 2 heterocycles. The minimum absolute atomic E-state index is 0.0206. The van der Waals surface area contributed by atoms with Gasteiger partial charge in [-0.3, -0.25) is 14.6 Å². The summed E-state index contributed by atoms with van der Waals surface area (Å²) in [4.78, 5) is 38.9. The summed E-state index contributed by atoms with van der Waals surface area (Å²) in [5.74, 6) is 1.50. The Morgan fingerprint density at radius 1 is 1.35 bits per heavy atom. The molecule has 1 aliphatic carbocycles. The van der Waals surface area contributed by atoms with Crippen molar-refractivity contribution in [2.24, 2.45) is 16.6 Å². The molecule has 10 heteroatoms. The zero-order valence-corrected chi connectivity index (χ0v) is 22.3. The zero-order valence-electron chi connectivity index (χ0n) is 21.5. The summed E-state index contributed by atoms with van der Waals surface area (Å²) in [5.41, 5.74) is 5.73. The van der Waals surface area contributed by atoms with Crippen LogP contribution in [0.25, 0.3) is 0 Å². The molecule has 0 unspecified atom stereocenters. The van der Waals surface area contributed by atoms with Gasteiger partial charge in [-0.05, 0) is 58.7 Å². The van der Waals surface area contributed by atoms with Gasteiger partial charge in [0.25, 0.3) is 0 Å². The fraction of sp³-hybridized carbons (Fsp3) is 0.444. The van der Waals surface area contributed by atoms with Gasteiger partial charge in [-0.15, -0.1) is 6.42 Å². The summed E-state index contributed by atoms with van der Waals surface area (Å²) in [6.45, 7) is 9.21. The highest BCUT2D eigenvalue weighted by Gasteiger charge is 2.70. The van der Waals surface area contributed by atoms with E-state index >= 15 is 4.39 Å². The summed E-state index contributed by atoms with van der Waals surface area (Å²) >= 11 is 1.24. The van der Waals surface area contributed by atoms with Crippen LogP contribution in [0.2, 0.25) is 0 Å². The molecule has 2 aliphatic rings. The first-order valence-corrected chi connectivity index (χ1v) is 12.7. The number of hydrogen-bond acceptors (Lipinski definition) is 8. The van der Waals surface area contributed by atoms with E-state index in [1.807, 2.05) is 20.8 Å². The van der Waals surface area contributed by atoms with Gasteiger partial charge in [-0.1, -0.05) is 23.7 Å². The quantitative estimate of drug-likeness (QED) is 0.422. The van der Waals surface area contributed by atoms with Crippen molar-refractivity contribution in [3.05, 3.63) is 53.2 Å². The van der Waals surface area contributed by atoms with Crippen LogP contribution in [0.3, 0.4) is 0 Å². The first kappa shape index (κ1) is 26.6. The van der Waals surface area contributed by atoms with Crippen LogP contribution in [0.5, 0.6) is 5.88 Å². The highest BCUT2D eigenvalue weighted by Crippen LogP contribution is 2.66. The normalized spacial score (nSPS) is 25.2. The standard InChI is InChI=1S/C27H30FN5O3S/c1-7-15(2)36-22-14-30-19(13-31-22)20(34)11-16-8-9-18(28)17(10-16)26(6)21-12-27(21,37-24(29)33-26)23(35)32-25(3,4)5/h1,8-10,13-15,21H,11-12H2,2-6H3,(H2,29,33)(H,32,35)/t15-,21-,26+,27-/m0/s1. The second-order valence-electron chi connectivity index (χ2n) is 10.6. The fourth-order valence-electron chi connectivity index (χ4n) is 4.60. The number of nitrogens with zero attached hydrogens (tertiary/aromatic N) is 3. The number of nitrogens with two attached hydrogens (primary N) is 1. The SMILES string of the molecule is C#C[C@H](C)Oc1cnc(C(=O)Cc2ccc(F)c([C@@]3(C)N=C(N)S[C@@]4(C(=O)NC(C)(C)C)C[C@H]43)c2)cn1. The molecule has 1 aliphatic heterocycles. The van der Waals surface area contributed by atoms with E-state index in [4.69, 9.17) is 16.9 Å². The molecule has 0 bridgehead atoms. The van der Waals surface area contributed by atoms with Crippen molar-refractivity contribution in [1.29, 1.82) is 0 Å². The highest BCUT2D eigenvalue weighted by atomic mass is 32.2. The third-order valence-corrected chi connectivity index (χ3v) is 7.78. The molecule has 0 saturated heterocycles. The number of Topliss-reactive ketones (excluding diaryl/α,β-unsaturated/α-hetero) is 1. The van der Waals surface area contributed by atoms with Crippen LogP contribution in [0.15, 0.2) is 35.6 Å². The summed E-state index contributed by atoms with van der Waals surface area (Å²) in [7, 11) is 0. The van der Waals surface area contributed by atoms with E-state index in [-0.39, 0.29) is 40.8 Å². The van der Waals surface area contributed by atoms with Gasteiger partial charge in [0, 0.05) is 23.4 Å². The lowest BCUT2D eigenvalue weighted by Crippen LogP contribution is -2.50. The molecule has 1 saturated carbocycles. The molecule has 1 amide bonds. The van der Waals surface area contributed by atoms with E-state index in [0.29, 0.717) is 17.5 Å². The van der Waals surface area contributed by atoms with Gasteiger partial charge in [0.05, 0.1) is 17.9 Å². The Morgan fingerprint density at radius 3 is 2.70 bits per heavy atom. The number of thioether (sulfide) groups is 1. The number of aromatic nitrogens is 2. The number of rotatable bonds is 7. The molecule has 0 spiro atoms. The number of aliphatic imine (C=N–C) groups is 1. The number of nitrogens with one attached hydrogen (secondary N) is 1. The summed E-state index contributed by atoms with van der Waals surface area (Å²) < 4.78 is 19.8. The largest absolute Gasteiger partial charge is 0.460 e. The van der Waals surface area contributed by atoms with Crippen LogP contribution in [-0.2, 0) is 16.8 Å². The molecule has 37 heavy (non-hydrogen) atoms. The maximum atomic E-state index is 15.2. The Morgan fingerprint density at radius 2 is 2.08 bits per heavy atom. The van der Waals surface area contributed by atoms with E-state index in [9.17, 15) is 9.59 Å². The van der Waals surface area contributed by atoms with Crippen molar-refractivity contribution in [3.8, 4) is 18.2 Å². The number of ketones is 1. The third kappa shape index (κ3) is 5.32. The second-order valence-corrected chi connectivity index (χ2v) is 12.0. The predicted octanol–water partition coefficient (Wildman–Crippen LogP) is 3.39. The molecule has 8 nitrogen and oxygen atoms in total. The molecule has 4 rings (SSSR count). The Balaban J connectivity index is 1.57. The van der Waals surface area contributed by atoms with Crippen molar-refractivity contribution in [3.63, 3.8) is 0 Å². The molecule has 1 aromatic carbocycles. The maximum Gasteiger partial charge on any atom is 0.237 e. The predicted molar refractivity (Wildman–Crippen MR) is 141 cm³/mol. The Hall–Kier alpha value is -3.45. The minimum Gasteiger partial charge on any atom is -0.460 e. The molecule has 2 aromatic rings. The molecular weight excluding hydrogens is 493 g/mol. The van der Waals surface area contributed by atoms with Crippen LogP contribution in [0, 0.1) is 24.1 Å². The van der Waals surface area contributed by atoms with Crippen molar-refractivity contribution < 1.29 is 18.7 Å². The van der Waals surface area contributed by atoms with Gasteiger partial charge in [0.15, 0.2) is 17.1 Å². The summed E-state index contributed by atoms with van der Waals surface area (Å²) in [6, 6.07) is 4.50. The van der Waals surface area contributed by atoms with Crippen LogP contribution in [-0.4, -0.2) is 43.2 Å². The van der Waals surface area contributed by atoms with Crippen molar-refractivity contribution in [1.82, 2.24) is 15.3 Å². The molecular formula is C27H30FN5O3S. The van der Waals surface area contributed by atoms with Crippen molar-refractivity contribution in [2.45, 2.75) is 69.4 Å². The number of carbonyl (C=O) groups excluding carboxylic acids is 2.